The van der Waals surface area contributed by atoms with Crippen LogP contribution in [0.3, 0.4) is 0 Å². The van der Waals surface area contributed by atoms with E-state index in [1.54, 1.807) is 6.07 Å². The average molecular weight is 443 g/mol. The number of likely N-dealkylation sites (N-methyl/N-ethyl adjacent to an activating group) is 1. The van der Waals surface area contributed by atoms with Gasteiger partial charge in [0.1, 0.15) is 5.56 Å². The van der Waals surface area contributed by atoms with Crippen LogP contribution in [-0.4, -0.2) is 89.1 Å². The van der Waals surface area contributed by atoms with Crippen molar-refractivity contribution in [2.75, 3.05) is 34.3 Å². The van der Waals surface area contributed by atoms with E-state index in [1.807, 2.05) is 23.9 Å². The first-order valence-corrected chi connectivity index (χ1v) is 11.9. The molecule has 4 atom stereocenters. The summed E-state index contributed by atoms with van der Waals surface area (Å²) in [6, 6.07) is 2.11. The summed E-state index contributed by atoms with van der Waals surface area (Å²) in [6.07, 6.45) is 5.63. The smallest absolute Gasteiger partial charge is 0.259 e. The molecule has 0 bridgehead atoms. The maximum atomic E-state index is 13.5. The number of pyridine rings is 1. The Labute approximate surface area is 189 Å². The molecule has 1 N–H and O–H groups in total. The van der Waals surface area contributed by atoms with Crippen molar-refractivity contribution in [3.05, 3.63) is 22.9 Å². The summed E-state index contributed by atoms with van der Waals surface area (Å²) in [6.45, 7) is 1.80. The highest BCUT2D eigenvalue weighted by Crippen LogP contribution is 2.39. The van der Waals surface area contributed by atoms with Gasteiger partial charge in [0.05, 0.1) is 31.0 Å². The van der Waals surface area contributed by atoms with Crippen molar-refractivity contribution >= 4 is 11.8 Å². The molecule has 3 fully saturated rings. The summed E-state index contributed by atoms with van der Waals surface area (Å²) in [5, 5.41) is 10.5. The second-order valence-electron chi connectivity index (χ2n) is 10.2. The van der Waals surface area contributed by atoms with Gasteiger partial charge in [-0.3, -0.25) is 9.59 Å². The second-order valence-corrected chi connectivity index (χ2v) is 10.2. The van der Waals surface area contributed by atoms with Crippen molar-refractivity contribution in [3.8, 4) is 5.88 Å². The summed E-state index contributed by atoms with van der Waals surface area (Å²) in [5.41, 5.74) is 1.62. The lowest BCUT2D eigenvalue weighted by Crippen LogP contribution is -2.46. The Bertz CT molecular complexity index is 914. The van der Waals surface area contributed by atoms with Gasteiger partial charge in [0.25, 0.3) is 11.8 Å². The molecular formula is C24H34N4O4. The topological polar surface area (TPSA) is 86.2 Å². The minimum atomic E-state index is -0.364. The van der Waals surface area contributed by atoms with E-state index in [2.05, 4.69) is 9.88 Å². The predicted molar refractivity (Wildman–Crippen MR) is 119 cm³/mol. The fourth-order valence-electron chi connectivity index (χ4n) is 6.34. The fraction of sp³-hybridized carbons (Fsp3) is 0.708. The maximum absolute atomic E-state index is 13.5. The van der Waals surface area contributed by atoms with E-state index in [1.165, 1.54) is 7.11 Å². The van der Waals surface area contributed by atoms with Crippen LogP contribution in [-0.2, 0) is 6.54 Å². The van der Waals surface area contributed by atoms with Gasteiger partial charge in [0, 0.05) is 25.2 Å². The highest BCUT2D eigenvalue weighted by Gasteiger charge is 2.44. The standard InChI is InChI=1S/C24H34N4O4/c1-26(2)20-8-14-11-27(12-15(14)9-21(20)29)23(30)18-10-17-19(25-22(18)32-3)13-28(24(17)31)16-6-4-5-7-16/h10,14-16,20-21,29H,4-9,11-13H2,1-3H3/t14-,15+,20-,21-/m1/s1. The zero-order chi connectivity index (χ0) is 22.6. The number of carbonyl (C=O) groups excluding carboxylic acids is 2. The number of methoxy groups -OCH3 is 1. The molecule has 8 heteroatoms. The van der Waals surface area contributed by atoms with Gasteiger partial charge in [-0.2, -0.15) is 0 Å². The fourth-order valence-corrected chi connectivity index (χ4v) is 6.34. The van der Waals surface area contributed by atoms with Crippen molar-refractivity contribution in [2.24, 2.45) is 11.8 Å². The summed E-state index contributed by atoms with van der Waals surface area (Å²) >= 11 is 0. The van der Waals surface area contributed by atoms with Crippen molar-refractivity contribution in [1.82, 2.24) is 19.7 Å². The predicted octanol–water partition coefficient (Wildman–Crippen LogP) is 1.76. The van der Waals surface area contributed by atoms with Gasteiger partial charge in [-0.1, -0.05) is 12.8 Å². The number of likely N-dealkylation sites (tertiary alicyclic amines) is 1. The Morgan fingerprint density at radius 1 is 1.19 bits per heavy atom. The number of ether oxygens (including phenoxy) is 1. The van der Waals surface area contributed by atoms with E-state index >= 15 is 0 Å². The Balaban J connectivity index is 1.37. The minimum Gasteiger partial charge on any atom is -0.480 e. The molecule has 1 aromatic heterocycles. The third-order valence-electron chi connectivity index (χ3n) is 8.13. The van der Waals surface area contributed by atoms with Crippen LogP contribution in [0, 0.1) is 11.8 Å². The number of hydrogen-bond donors (Lipinski definition) is 1. The van der Waals surface area contributed by atoms with Crippen LogP contribution in [0.15, 0.2) is 6.07 Å². The molecule has 5 rings (SSSR count). The summed E-state index contributed by atoms with van der Waals surface area (Å²) in [5.74, 6) is 0.842. The van der Waals surface area contributed by atoms with Crippen LogP contribution >= 0.6 is 0 Å². The molecule has 32 heavy (non-hydrogen) atoms. The Kier molecular flexibility index (Phi) is 5.61. The molecule has 0 radical (unpaired) electrons. The number of fused-ring (bicyclic) bond motifs is 2. The lowest BCUT2D eigenvalue weighted by molar-refractivity contribution is 0.00940. The number of nitrogens with zero attached hydrogens (tertiary/aromatic N) is 4. The molecule has 0 spiro atoms. The number of aliphatic hydroxyl groups is 1. The lowest BCUT2D eigenvalue weighted by atomic mass is 9.77. The van der Waals surface area contributed by atoms with Crippen LogP contribution < -0.4 is 4.74 Å². The summed E-state index contributed by atoms with van der Waals surface area (Å²) in [4.78, 5) is 37.1. The maximum Gasteiger partial charge on any atom is 0.259 e. The SMILES string of the molecule is COc1nc2c(cc1C(=O)N1C[C@H]3C[C@@H](N(C)C)[C@H](O)C[C@H]3C1)C(=O)N(C1CCCC1)C2. The molecular weight excluding hydrogens is 408 g/mol. The largest absolute Gasteiger partial charge is 0.480 e. The highest BCUT2D eigenvalue weighted by molar-refractivity contribution is 6.03. The quantitative estimate of drug-likeness (QED) is 0.765. The zero-order valence-corrected chi connectivity index (χ0v) is 19.3. The van der Waals surface area contributed by atoms with Crippen LogP contribution in [0.4, 0.5) is 0 Å². The van der Waals surface area contributed by atoms with E-state index in [0.29, 0.717) is 60.6 Å². The van der Waals surface area contributed by atoms with E-state index in [9.17, 15) is 14.7 Å². The van der Waals surface area contributed by atoms with Crippen LogP contribution in [0.25, 0.3) is 0 Å². The van der Waals surface area contributed by atoms with Crippen molar-refractivity contribution in [1.29, 1.82) is 0 Å². The number of rotatable bonds is 4. The number of carbonyl (C=O) groups is 2. The highest BCUT2D eigenvalue weighted by atomic mass is 16.5. The number of aromatic nitrogens is 1. The minimum absolute atomic E-state index is 0.0110. The van der Waals surface area contributed by atoms with E-state index in [-0.39, 0.29) is 30.0 Å². The first kappa shape index (κ1) is 21.6. The summed E-state index contributed by atoms with van der Waals surface area (Å²) < 4.78 is 5.50. The second kappa shape index (κ2) is 8.30. The molecule has 2 amide bonds. The monoisotopic (exact) mass is 442 g/mol. The third-order valence-corrected chi connectivity index (χ3v) is 8.13. The molecule has 0 unspecified atom stereocenters. The Morgan fingerprint density at radius 2 is 1.88 bits per heavy atom. The van der Waals surface area contributed by atoms with Gasteiger partial charge in [0.2, 0.25) is 5.88 Å². The Hall–Kier alpha value is -2.19. The van der Waals surface area contributed by atoms with E-state index in [4.69, 9.17) is 4.74 Å². The summed E-state index contributed by atoms with van der Waals surface area (Å²) in [7, 11) is 5.52. The third kappa shape index (κ3) is 3.57. The zero-order valence-electron chi connectivity index (χ0n) is 19.3. The van der Waals surface area contributed by atoms with Crippen molar-refractivity contribution < 1.29 is 19.4 Å². The van der Waals surface area contributed by atoms with Crippen molar-refractivity contribution in [2.45, 2.75) is 63.3 Å². The van der Waals surface area contributed by atoms with Crippen molar-refractivity contribution in [3.63, 3.8) is 0 Å². The number of hydrogen-bond acceptors (Lipinski definition) is 6. The first-order chi connectivity index (χ1) is 15.4. The van der Waals surface area contributed by atoms with Gasteiger partial charge in [-0.15, -0.1) is 0 Å². The molecule has 0 aromatic carbocycles. The Morgan fingerprint density at radius 3 is 2.53 bits per heavy atom. The van der Waals surface area contributed by atoms with Gasteiger partial charge in [0.15, 0.2) is 0 Å². The van der Waals surface area contributed by atoms with Crippen LogP contribution in [0.5, 0.6) is 5.88 Å². The first-order valence-electron chi connectivity index (χ1n) is 11.9. The number of amides is 2. The molecule has 8 nitrogen and oxygen atoms in total. The molecule has 1 aromatic rings. The molecule has 174 valence electrons. The normalized spacial score (nSPS) is 30.2. The van der Waals surface area contributed by atoms with E-state index in [0.717, 1.165) is 32.1 Å². The van der Waals surface area contributed by atoms with Gasteiger partial charge in [-0.05, 0) is 57.7 Å². The van der Waals surface area contributed by atoms with Gasteiger partial charge >= 0.3 is 0 Å². The molecule has 2 aliphatic heterocycles. The molecule has 3 heterocycles. The van der Waals surface area contributed by atoms with Gasteiger partial charge in [-0.25, -0.2) is 4.98 Å². The molecule has 2 aliphatic carbocycles. The number of aliphatic hydroxyl groups excluding tert-OH is 1. The molecule has 2 saturated carbocycles. The lowest BCUT2D eigenvalue weighted by Gasteiger charge is -2.38. The van der Waals surface area contributed by atoms with Crippen LogP contribution in [0.2, 0.25) is 0 Å². The molecule has 1 saturated heterocycles. The van der Waals surface area contributed by atoms with E-state index < -0.39 is 0 Å². The van der Waals surface area contributed by atoms with Crippen LogP contribution in [0.1, 0.15) is 64.9 Å². The average Bonchev–Trinajstić information content (AvgIpc) is 3.50. The molecule has 4 aliphatic rings. The van der Waals surface area contributed by atoms with Gasteiger partial charge < -0.3 is 24.5 Å².